The highest BCUT2D eigenvalue weighted by molar-refractivity contribution is 8.00. The fourth-order valence-corrected chi connectivity index (χ4v) is 8.60. The lowest BCUT2D eigenvalue weighted by molar-refractivity contribution is -0.122. The smallest absolute Gasteiger partial charge is 0.308 e. The molecule has 11 heteroatoms. The van der Waals surface area contributed by atoms with E-state index in [2.05, 4.69) is 5.32 Å². The molecule has 192 valence electrons. The van der Waals surface area contributed by atoms with Gasteiger partial charge in [-0.3, -0.25) is 23.7 Å². The van der Waals surface area contributed by atoms with Gasteiger partial charge in [-0.2, -0.15) is 0 Å². The topological polar surface area (TPSA) is 97.7 Å². The average Bonchev–Trinajstić information content (AvgIpc) is 3.62. The number of methoxy groups -OCH3 is 1. The van der Waals surface area contributed by atoms with Gasteiger partial charge in [0, 0.05) is 21.4 Å². The number of rotatable bonds is 6. The second-order valence-electron chi connectivity index (χ2n) is 8.80. The summed E-state index contributed by atoms with van der Waals surface area (Å²) in [4.78, 5) is 56.0. The van der Waals surface area contributed by atoms with Crippen molar-refractivity contribution in [1.29, 1.82) is 0 Å². The average molecular weight is 564 g/mol. The van der Waals surface area contributed by atoms with Gasteiger partial charge in [0.2, 0.25) is 17.7 Å². The number of carbonyl (C=O) groups is 3. The zero-order valence-corrected chi connectivity index (χ0v) is 22.5. The Hall–Kier alpha value is -3.67. The molecule has 38 heavy (non-hydrogen) atoms. The Morgan fingerprint density at radius 1 is 0.974 bits per heavy atom. The molecule has 0 saturated carbocycles. The Bertz CT molecular complexity index is 1580. The normalized spacial score (nSPS) is 20.2. The summed E-state index contributed by atoms with van der Waals surface area (Å²) in [5.41, 5.74) is 1.11. The highest BCUT2D eigenvalue weighted by atomic mass is 32.2. The van der Waals surface area contributed by atoms with Crippen molar-refractivity contribution in [3.05, 3.63) is 91.5 Å². The number of thioether (sulfide) groups is 1. The molecule has 8 nitrogen and oxygen atoms in total. The maximum Gasteiger partial charge on any atom is 0.308 e. The summed E-state index contributed by atoms with van der Waals surface area (Å²) in [5.74, 6) is -1.36. The van der Waals surface area contributed by atoms with Crippen LogP contribution in [0.2, 0.25) is 0 Å². The third kappa shape index (κ3) is 4.16. The predicted octanol–water partition coefficient (Wildman–Crippen LogP) is 4.41. The van der Waals surface area contributed by atoms with Crippen molar-refractivity contribution in [3.8, 4) is 5.75 Å². The Kier molecular flexibility index (Phi) is 6.42. The number of carbonyl (C=O) groups excluding carboxylic acids is 3. The minimum atomic E-state index is -0.702. The summed E-state index contributed by atoms with van der Waals surface area (Å²) >= 11 is 3.74. The molecule has 3 atom stereocenters. The van der Waals surface area contributed by atoms with E-state index in [-0.39, 0.29) is 29.1 Å². The van der Waals surface area contributed by atoms with E-state index < -0.39 is 17.1 Å². The summed E-state index contributed by atoms with van der Waals surface area (Å²) in [6.07, 6.45) is 0. The number of imide groups is 1. The zero-order chi connectivity index (χ0) is 26.4. The van der Waals surface area contributed by atoms with E-state index in [4.69, 9.17) is 4.74 Å². The number of thiophene rings is 1. The number of fused-ring (bicyclic) bond motifs is 2. The van der Waals surface area contributed by atoms with Crippen molar-refractivity contribution in [2.45, 2.75) is 22.7 Å². The molecule has 0 aliphatic carbocycles. The van der Waals surface area contributed by atoms with Gasteiger partial charge in [-0.25, -0.2) is 4.90 Å². The lowest BCUT2D eigenvalue weighted by Gasteiger charge is -2.29. The zero-order valence-electron chi connectivity index (χ0n) is 20.0. The molecule has 3 amide bonds. The standard InChI is InChI=1S/C27H21N3O5S3/c1-35-17-11-9-15(10-12-17)28-19(31)14-29-26-23(38-27(29)34)20(18-8-5-13-36-18)21-22(37-26)25(33)30(24(21)32)16-6-3-2-4-7-16/h2-13,20-22H,14H2,1H3,(H,28,31)/t20-,21-,22+/m0/s1. The van der Waals surface area contributed by atoms with Gasteiger partial charge in [0.15, 0.2) is 0 Å². The summed E-state index contributed by atoms with van der Waals surface area (Å²) in [7, 11) is 1.56. The number of thiazole rings is 1. The van der Waals surface area contributed by atoms with Crippen molar-refractivity contribution in [2.24, 2.45) is 5.92 Å². The van der Waals surface area contributed by atoms with Gasteiger partial charge in [0.1, 0.15) is 17.5 Å². The SMILES string of the molecule is COc1ccc(NC(=O)Cn2c3c(sc2=O)[C@@H](c2cccs2)[C@@H]2C(=O)N(c4ccccc4)C(=O)[C@@H]2S3)cc1. The number of benzene rings is 2. The van der Waals surface area contributed by atoms with Crippen molar-refractivity contribution >= 4 is 63.5 Å². The molecule has 1 N–H and O–H groups in total. The first kappa shape index (κ1) is 24.7. The number of para-hydroxylation sites is 1. The van der Waals surface area contributed by atoms with Crippen LogP contribution in [-0.2, 0) is 20.9 Å². The maximum absolute atomic E-state index is 13.7. The number of nitrogens with zero attached hydrogens (tertiary/aromatic N) is 2. The van der Waals surface area contributed by atoms with E-state index in [9.17, 15) is 19.2 Å². The summed E-state index contributed by atoms with van der Waals surface area (Å²) in [5, 5.41) is 4.60. The fourth-order valence-electron chi connectivity index (χ4n) is 4.88. The third-order valence-corrected chi connectivity index (χ3v) is 10.1. The van der Waals surface area contributed by atoms with Gasteiger partial charge in [0.25, 0.3) is 0 Å². The number of hydrogen-bond donors (Lipinski definition) is 1. The molecule has 2 aromatic heterocycles. The Balaban J connectivity index is 1.36. The van der Waals surface area contributed by atoms with E-state index in [1.165, 1.54) is 32.6 Å². The van der Waals surface area contributed by atoms with Crippen LogP contribution in [0.3, 0.4) is 0 Å². The summed E-state index contributed by atoms with van der Waals surface area (Å²) < 4.78 is 6.57. The van der Waals surface area contributed by atoms with Crippen molar-refractivity contribution in [1.82, 2.24) is 4.57 Å². The van der Waals surface area contributed by atoms with Crippen LogP contribution in [0.5, 0.6) is 5.75 Å². The van der Waals surface area contributed by atoms with Gasteiger partial charge in [-0.15, -0.1) is 11.3 Å². The molecule has 4 aromatic rings. The van der Waals surface area contributed by atoms with E-state index >= 15 is 0 Å². The third-order valence-electron chi connectivity index (χ3n) is 6.59. The minimum absolute atomic E-state index is 0.206. The molecule has 6 rings (SSSR count). The van der Waals surface area contributed by atoms with Crippen molar-refractivity contribution < 1.29 is 19.1 Å². The Morgan fingerprint density at radius 2 is 1.74 bits per heavy atom. The van der Waals surface area contributed by atoms with Gasteiger partial charge in [-0.1, -0.05) is 47.4 Å². The van der Waals surface area contributed by atoms with E-state index in [0.717, 1.165) is 21.1 Å². The van der Waals surface area contributed by atoms with Crippen LogP contribution in [-0.4, -0.2) is 34.6 Å². The molecule has 0 bridgehead atoms. The fraction of sp³-hybridized carbons (Fsp3) is 0.185. The number of hydrogen-bond acceptors (Lipinski definition) is 8. The lowest BCUT2D eigenvalue weighted by Crippen LogP contribution is -2.32. The molecule has 1 saturated heterocycles. The minimum Gasteiger partial charge on any atom is -0.497 e. The van der Waals surface area contributed by atoms with Crippen LogP contribution in [0.1, 0.15) is 15.7 Å². The van der Waals surface area contributed by atoms with Gasteiger partial charge in [-0.05, 0) is 47.8 Å². The lowest BCUT2D eigenvalue weighted by atomic mass is 9.87. The summed E-state index contributed by atoms with van der Waals surface area (Å²) in [6.45, 7) is -0.206. The quantitative estimate of drug-likeness (QED) is 0.349. The molecule has 2 aromatic carbocycles. The van der Waals surface area contributed by atoms with Crippen LogP contribution >= 0.6 is 34.4 Å². The molecule has 0 unspecified atom stereocenters. The van der Waals surface area contributed by atoms with Crippen LogP contribution in [0.25, 0.3) is 0 Å². The van der Waals surface area contributed by atoms with E-state index in [0.29, 0.717) is 22.2 Å². The Labute approximate surface area is 229 Å². The second-order valence-corrected chi connectivity index (χ2v) is 11.9. The van der Waals surface area contributed by atoms with Crippen LogP contribution in [0.15, 0.2) is 81.9 Å². The van der Waals surface area contributed by atoms with E-state index in [1.807, 2.05) is 23.6 Å². The van der Waals surface area contributed by atoms with Crippen LogP contribution < -0.4 is 19.8 Å². The first-order valence-electron chi connectivity index (χ1n) is 11.8. The predicted molar refractivity (Wildman–Crippen MR) is 148 cm³/mol. The molecule has 0 radical (unpaired) electrons. The molecule has 2 aliphatic heterocycles. The van der Waals surface area contributed by atoms with Gasteiger partial charge < -0.3 is 10.1 Å². The molecule has 0 spiro atoms. The number of amides is 3. The first-order valence-corrected chi connectivity index (χ1v) is 14.3. The van der Waals surface area contributed by atoms with Crippen molar-refractivity contribution in [2.75, 3.05) is 17.3 Å². The molecule has 1 fully saturated rings. The highest BCUT2D eigenvalue weighted by Gasteiger charge is 2.57. The molecule has 2 aliphatic rings. The number of nitrogens with one attached hydrogen (secondary N) is 1. The first-order chi connectivity index (χ1) is 18.5. The monoisotopic (exact) mass is 563 g/mol. The Morgan fingerprint density at radius 3 is 2.42 bits per heavy atom. The van der Waals surface area contributed by atoms with Crippen LogP contribution in [0.4, 0.5) is 11.4 Å². The molecular weight excluding hydrogens is 543 g/mol. The van der Waals surface area contributed by atoms with Crippen molar-refractivity contribution in [3.63, 3.8) is 0 Å². The highest BCUT2D eigenvalue weighted by Crippen LogP contribution is 2.54. The number of aromatic nitrogens is 1. The maximum atomic E-state index is 13.7. The van der Waals surface area contributed by atoms with Gasteiger partial charge in [0.05, 0.1) is 23.7 Å². The number of anilines is 2. The molecular formula is C27H21N3O5S3. The van der Waals surface area contributed by atoms with Gasteiger partial charge >= 0.3 is 4.87 Å². The van der Waals surface area contributed by atoms with Crippen LogP contribution in [0, 0.1) is 5.92 Å². The second kappa shape index (κ2) is 9.90. The summed E-state index contributed by atoms with van der Waals surface area (Å²) in [6, 6.07) is 19.6. The van der Waals surface area contributed by atoms with E-state index in [1.54, 1.807) is 55.6 Å². The molecule has 4 heterocycles. The number of ether oxygens (including phenoxy) is 1. The largest absolute Gasteiger partial charge is 0.497 e.